The van der Waals surface area contributed by atoms with Gasteiger partial charge in [0.05, 0.1) is 14.2 Å². The van der Waals surface area contributed by atoms with E-state index in [9.17, 15) is 0 Å². The molecule has 0 aromatic heterocycles. The normalized spacial score (nSPS) is 12.6. The first-order chi connectivity index (χ1) is 8.58. The second kappa shape index (κ2) is 7.27. The van der Waals surface area contributed by atoms with Gasteiger partial charge in [-0.25, -0.2) is 0 Å². The van der Waals surface area contributed by atoms with Crippen molar-refractivity contribution in [3.63, 3.8) is 0 Å². The average Bonchev–Trinajstić information content (AvgIpc) is 2.37. The summed E-state index contributed by atoms with van der Waals surface area (Å²) < 4.78 is 10.7. The third-order valence-electron chi connectivity index (χ3n) is 3.10. The van der Waals surface area contributed by atoms with Crippen molar-refractivity contribution in [2.24, 2.45) is 0 Å². The van der Waals surface area contributed by atoms with Crippen molar-refractivity contribution in [2.45, 2.75) is 39.2 Å². The number of ether oxygens (including phenoxy) is 2. The van der Waals surface area contributed by atoms with E-state index in [0.717, 1.165) is 24.5 Å². The second-order valence-corrected chi connectivity index (χ2v) is 4.91. The van der Waals surface area contributed by atoms with Crippen LogP contribution in [-0.4, -0.2) is 26.8 Å². The summed E-state index contributed by atoms with van der Waals surface area (Å²) in [6.07, 6.45) is 1.09. The molecule has 1 aromatic carbocycles. The Morgan fingerprint density at radius 3 is 2.39 bits per heavy atom. The monoisotopic (exact) mass is 251 g/mol. The highest BCUT2D eigenvalue weighted by Crippen LogP contribution is 2.31. The van der Waals surface area contributed by atoms with Crippen molar-refractivity contribution >= 4 is 0 Å². The Morgan fingerprint density at radius 2 is 1.83 bits per heavy atom. The first kappa shape index (κ1) is 14.8. The Morgan fingerprint density at radius 1 is 1.11 bits per heavy atom. The van der Waals surface area contributed by atoms with Gasteiger partial charge in [-0.05, 0) is 37.1 Å². The van der Waals surface area contributed by atoms with Crippen molar-refractivity contribution in [2.75, 3.05) is 20.8 Å². The number of benzene rings is 1. The molecule has 3 heteroatoms. The van der Waals surface area contributed by atoms with Crippen LogP contribution in [0.5, 0.6) is 11.5 Å². The molecule has 0 spiro atoms. The molecule has 0 aliphatic rings. The summed E-state index contributed by atoms with van der Waals surface area (Å²) in [4.78, 5) is 0. The van der Waals surface area contributed by atoms with E-state index >= 15 is 0 Å². The molecule has 0 bridgehead atoms. The standard InChI is InChI=1S/C15H25NO2/c1-11(2)16-9-8-12(3)14-10-13(17-4)6-7-15(14)18-5/h6-7,10-12,16H,8-9H2,1-5H3. The molecule has 3 nitrogen and oxygen atoms in total. The first-order valence-electron chi connectivity index (χ1n) is 6.53. The van der Waals surface area contributed by atoms with E-state index in [1.54, 1.807) is 14.2 Å². The quantitative estimate of drug-likeness (QED) is 0.807. The smallest absolute Gasteiger partial charge is 0.122 e. The minimum Gasteiger partial charge on any atom is -0.497 e. The lowest BCUT2D eigenvalue weighted by Crippen LogP contribution is -2.24. The maximum atomic E-state index is 5.42. The van der Waals surface area contributed by atoms with Crippen LogP contribution in [-0.2, 0) is 0 Å². The van der Waals surface area contributed by atoms with Crippen molar-refractivity contribution in [1.82, 2.24) is 5.32 Å². The van der Waals surface area contributed by atoms with Gasteiger partial charge < -0.3 is 14.8 Å². The Hall–Kier alpha value is -1.22. The molecule has 18 heavy (non-hydrogen) atoms. The summed E-state index contributed by atoms with van der Waals surface area (Å²) in [5, 5.41) is 3.44. The molecular weight excluding hydrogens is 226 g/mol. The van der Waals surface area contributed by atoms with E-state index in [2.05, 4.69) is 32.2 Å². The van der Waals surface area contributed by atoms with Crippen LogP contribution in [0, 0.1) is 0 Å². The Balaban J connectivity index is 2.72. The van der Waals surface area contributed by atoms with Gasteiger partial charge in [0.2, 0.25) is 0 Å². The summed E-state index contributed by atoms with van der Waals surface area (Å²) in [5.41, 5.74) is 1.21. The van der Waals surface area contributed by atoms with Crippen molar-refractivity contribution in [1.29, 1.82) is 0 Å². The molecule has 1 unspecified atom stereocenters. The Labute approximate surface area is 110 Å². The van der Waals surface area contributed by atoms with E-state index in [1.807, 2.05) is 12.1 Å². The van der Waals surface area contributed by atoms with Gasteiger partial charge in [0, 0.05) is 11.6 Å². The molecule has 0 saturated heterocycles. The van der Waals surface area contributed by atoms with Crippen LogP contribution in [0.2, 0.25) is 0 Å². The average molecular weight is 251 g/mol. The zero-order valence-corrected chi connectivity index (χ0v) is 12.1. The van der Waals surface area contributed by atoms with E-state index in [4.69, 9.17) is 9.47 Å². The molecule has 0 heterocycles. The third-order valence-corrected chi connectivity index (χ3v) is 3.10. The van der Waals surface area contributed by atoms with Crippen LogP contribution < -0.4 is 14.8 Å². The van der Waals surface area contributed by atoms with E-state index in [1.165, 1.54) is 5.56 Å². The fraction of sp³-hybridized carbons (Fsp3) is 0.600. The minimum atomic E-state index is 0.446. The summed E-state index contributed by atoms with van der Waals surface area (Å²) in [6.45, 7) is 7.56. The molecule has 1 aromatic rings. The highest BCUT2D eigenvalue weighted by Gasteiger charge is 2.12. The fourth-order valence-electron chi connectivity index (χ4n) is 1.97. The fourth-order valence-corrected chi connectivity index (χ4v) is 1.97. The molecule has 0 radical (unpaired) electrons. The highest BCUT2D eigenvalue weighted by atomic mass is 16.5. The van der Waals surface area contributed by atoms with Gasteiger partial charge in [0.1, 0.15) is 11.5 Å². The van der Waals surface area contributed by atoms with Crippen molar-refractivity contribution in [3.8, 4) is 11.5 Å². The minimum absolute atomic E-state index is 0.446. The molecule has 0 aliphatic heterocycles. The third kappa shape index (κ3) is 4.22. The molecule has 0 fully saturated rings. The molecule has 1 N–H and O–H groups in total. The number of hydrogen-bond acceptors (Lipinski definition) is 3. The molecule has 0 amide bonds. The molecular formula is C15H25NO2. The van der Waals surface area contributed by atoms with Gasteiger partial charge in [0.25, 0.3) is 0 Å². The predicted molar refractivity (Wildman–Crippen MR) is 75.7 cm³/mol. The van der Waals surface area contributed by atoms with Gasteiger partial charge in [-0.2, -0.15) is 0 Å². The Bertz CT molecular complexity index is 364. The maximum Gasteiger partial charge on any atom is 0.122 e. The van der Waals surface area contributed by atoms with E-state index in [-0.39, 0.29) is 0 Å². The zero-order chi connectivity index (χ0) is 13.5. The van der Waals surface area contributed by atoms with E-state index < -0.39 is 0 Å². The van der Waals surface area contributed by atoms with Crippen molar-refractivity contribution < 1.29 is 9.47 Å². The van der Waals surface area contributed by atoms with Crippen LogP contribution in [0.1, 0.15) is 38.7 Å². The molecule has 0 aliphatic carbocycles. The summed E-state index contributed by atoms with van der Waals surface area (Å²) >= 11 is 0. The van der Waals surface area contributed by atoms with Gasteiger partial charge in [0.15, 0.2) is 0 Å². The molecule has 0 saturated carbocycles. The first-order valence-corrected chi connectivity index (χ1v) is 6.53. The van der Waals surface area contributed by atoms with Crippen LogP contribution in [0.4, 0.5) is 0 Å². The topological polar surface area (TPSA) is 30.5 Å². The van der Waals surface area contributed by atoms with Gasteiger partial charge in [-0.15, -0.1) is 0 Å². The lowest BCUT2D eigenvalue weighted by atomic mass is 9.96. The summed E-state index contributed by atoms with van der Waals surface area (Å²) in [7, 11) is 3.40. The summed E-state index contributed by atoms with van der Waals surface area (Å²) in [5.74, 6) is 2.27. The molecule has 1 rings (SSSR count). The van der Waals surface area contributed by atoms with Crippen LogP contribution in [0.3, 0.4) is 0 Å². The lowest BCUT2D eigenvalue weighted by Gasteiger charge is -2.17. The predicted octanol–water partition coefficient (Wildman–Crippen LogP) is 3.20. The van der Waals surface area contributed by atoms with Crippen LogP contribution in [0.15, 0.2) is 18.2 Å². The number of rotatable bonds is 7. The number of nitrogens with one attached hydrogen (secondary N) is 1. The SMILES string of the molecule is COc1ccc(OC)c(C(C)CCNC(C)C)c1. The highest BCUT2D eigenvalue weighted by molar-refractivity contribution is 5.42. The molecule has 1 atom stereocenters. The Kier molecular flexibility index (Phi) is 5.99. The van der Waals surface area contributed by atoms with Crippen LogP contribution >= 0.6 is 0 Å². The van der Waals surface area contributed by atoms with E-state index in [0.29, 0.717) is 12.0 Å². The van der Waals surface area contributed by atoms with Gasteiger partial charge in [-0.3, -0.25) is 0 Å². The lowest BCUT2D eigenvalue weighted by molar-refractivity contribution is 0.394. The number of methoxy groups -OCH3 is 2. The van der Waals surface area contributed by atoms with Gasteiger partial charge >= 0.3 is 0 Å². The number of hydrogen-bond donors (Lipinski definition) is 1. The zero-order valence-electron chi connectivity index (χ0n) is 12.1. The van der Waals surface area contributed by atoms with Crippen molar-refractivity contribution in [3.05, 3.63) is 23.8 Å². The molecule has 102 valence electrons. The second-order valence-electron chi connectivity index (χ2n) is 4.91. The van der Waals surface area contributed by atoms with Gasteiger partial charge in [-0.1, -0.05) is 20.8 Å². The summed E-state index contributed by atoms with van der Waals surface area (Å²) in [6, 6.07) is 6.50. The maximum absolute atomic E-state index is 5.42. The van der Waals surface area contributed by atoms with Crippen LogP contribution in [0.25, 0.3) is 0 Å². The largest absolute Gasteiger partial charge is 0.497 e.